The van der Waals surface area contributed by atoms with Crippen LogP contribution in [0.4, 0.5) is 0 Å². The van der Waals surface area contributed by atoms with Gasteiger partial charge in [0.05, 0.1) is 0 Å². The van der Waals surface area contributed by atoms with E-state index in [1.165, 1.54) is 11.3 Å². The predicted octanol–water partition coefficient (Wildman–Crippen LogP) is 4.47. The van der Waals surface area contributed by atoms with E-state index < -0.39 is 0 Å². The van der Waals surface area contributed by atoms with Crippen molar-refractivity contribution in [1.82, 2.24) is 14.9 Å². The lowest BCUT2D eigenvalue weighted by Crippen LogP contribution is -2.31. The fourth-order valence-corrected chi connectivity index (χ4v) is 3.23. The molecule has 0 saturated heterocycles. The van der Waals surface area contributed by atoms with Gasteiger partial charge in [0, 0.05) is 65.0 Å². The number of hydrogen-bond donors (Lipinski definition) is 0. The highest BCUT2D eigenvalue weighted by molar-refractivity contribution is 6.35. The maximum atomic E-state index is 6.27. The molecule has 1 aliphatic rings. The van der Waals surface area contributed by atoms with Crippen LogP contribution >= 0.6 is 23.2 Å². The van der Waals surface area contributed by atoms with Crippen LogP contribution in [0.25, 0.3) is 0 Å². The molecule has 116 valence electrons. The fraction of sp³-hybridized carbons (Fsp3) is 0.412. The third-order valence-corrected chi connectivity index (χ3v) is 4.70. The fourth-order valence-electron chi connectivity index (χ4n) is 2.71. The summed E-state index contributed by atoms with van der Waals surface area (Å²) < 4.78 is 0. The van der Waals surface area contributed by atoms with Crippen LogP contribution < -0.4 is 0 Å². The summed E-state index contributed by atoms with van der Waals surface area (Å²) >= 11 is 12.5. The molecule has 0 fully saturated rings. The predicted molar refractivity (Wildman–Crippen MR) is 90.4 cm³/mol. The lowest BCUT2D eigenvalue weighted by molar-refractivity contribution is 0.242. The normalized spacial score (nSPS) is 15.1. The molecule has 1 aromatic heterocycles. The van der Waals surface area contributed by atoms with Gasteiger partial charge in [0.1, 0.15) is 5.82 Å². The second-order valence-corrected chi connectivity index (χ2v) is 6.83. The monoisotopic (exact) mass is 335 g/mol. The average molecular weight is 336 g/mol. The number of halogens is 2. The Morgan fingerprint density at radius 3 is 2.64 bits per heavy atom. The van der Waals surface area contributed by atoms with Crippen molar-refractivity contribution < 1.29 is 0 Å². The van der Waals surface area contributed by atoms with Gasteiger partial charge < -0.3 is 0 Å². The van der Waals surface area contributed by atoms with E-state index in [4.69, 9.17) is 28.2 Å². The highest BCUT2D eigenvalue weighted by atomic mass is 35.5. The van der Waals surface area contributed by atoms with Gasteiger partial charge in [-0.15, -0.1) is 0 Å². The maximum Gasteiger partial charge on any atom is 0.131 e. The Morgan fingerprint density at radius 1 is 1.23 bits per heavy atom. The first-order chi connectivity index (χ1) is 10.5. The van der Waals surface area contributed by atoms with Gasteiger partial charge in [-0.05, 0) is 12.1 Å². The van der Waals surface area contributed by atoms with E-state index in [2.05, 4.69) is 23.7 Å². The van der Waals surface area contributed by atoms with E-state index in [0.29, 0.717) is 5.92 Å². The summed E-state index contributed by atoms with van der Waals surface area (Å²) in [5, 5.41) is 1.45. The Labute approximate surface area is 141 Å². The van der Waals surface area contributed by atoms with Gasteiger partial charge in [0.25, 0.3) is 0 Å². The minimum Gasteiger partial charge on any atom is -0.294 e. The van der Waals surface area contributed by atoms with E-state index in [1.54, 1.807) is 0 Å². The highest BCUT2D eigenvalue weighted by Gasteiger charge is 2.20. The summed E-state index contributed by atoms with van der Waals surface area (Å²) in [7, 11) is 0. The van der Waals surface area contributed by atoms with Gasteiger partial charge in [-0.2, -0.15) is 0 Å². The van der Waals surface area contributed by atoms with Gasteiger partial charge in [-0.3, -0.25) is 4.90 Å². The molecule has 0 bridgehead atoms. The van der Waals surface area contributed by atoms with Crippen LogP contribution in [0.1, 0.15) is 42.4 Å². The topological polar surface area (TPSA) is 29.0 Å². The van der Waals surface area contributed by atoms with E-state index in [1.807, 2.05) is 24.4 Å². The molecule has 0 unspecified atom stereocenters. The number of nitrogens with zero attached hydrogens (tertiary/aromatic N) is 3. The number of benzene rings is 1. The third-order valence-electron chi connectivity index (χ3n) is 3.99. The maximum absolute atomic E-state index is 6.27. The largest absolute Gasteiger partial charge is 0.294 e. The molecular formula is C17H19Cl2N3. The van der Waals surface area contributed by atoms with Crippen molar-refractivity contribution in [3.05, 3.63) is 57.1 Å². The molecule has 3 nitrogen and oxygen atoms in total. The number of aromatic nitrogens is 2. The number of hydrogen-bond acceptors (Lipinski definition) is 3. The van der Waals surface area contributed by atoms with Crippen molar-refractivity contribution in [2.45, 2.75) is 39.3 Å². The molecule has 1 aromatic carbocycles. The van der Waals surface area contributed by atoms with Crippen molar-refractivity contribution in [1.29, 1.82) is 0 Å². The molecule has 0 radical (unpaired) electrons. The molecular weight excluding hydrogens is 317 g/mol. The second kappa shape index (κ2) is 6.53. The van der Waals surface area contributed by atoms with E-state index >= 15 is 0 Å². The van der Waals surface area contributed by atoms with E-state index in [-0.39, 0.29) is 0 Å². The van der Waals surface area contributed by atoms with Crippen molar-refractivity contribution >= 4 is 23.2 Å². The number of rotatable bonds is 3. The molecule has 1 aliphatic heterocycles. The van der Waals surface area contributed by atoms with Crippen LogP contribution in [0.5, 0.6) is 0 Å². The van der Waals surface area contributed by atoms with Crippen molar-refractivity contribution in [3.63, 3.8) is 0 Å². The van der Waals surface area contributed by atoms with E-state index in [9.17, 15) is 0 Å². The molecule has 22 heavy (non-hydrogen) atoms. The Bertz CT molecular complexity index is 665. The molecule has 2 aromatic rings. The quantitative estimate of drug-likeness (QED) is 0.828. The average Bonchev–Trinajstić information content (AvgIpc) is 2.50. The van der Waals surface area contributed by atoms with E-state index in [0.717, 1.165) is 47.5 Å². The Hall–Kier alpha value is -1.16. The lowest BCUT2D eigenvalue weighted by Gasteiger charge is -2.28. The lowest BCUT2D eigenvalue weighted by atomic mass is 10.1. The second-order valence-electron chi connectivity index (χ2n) is 6.02. The molecule has 0 spiro atoms. The summed E-state index contributed by atoms with van der Waals surface area (Å²) in [5.41, 5.74) is 3.38. The smallest absolute Gasteiger partial charge is 0.131 e. The molecule has 5 heteroatoms. The molecule has 2 heterocycles. The first-order valence-corrected chi connectivity index (χ1v) is 8.30. The zero-order valence-corrected chi connectivity index (χ0v) is 14.3. The molecule has 0 aliphatic carbocycles. The van der Waals surface area contributed by atoms with Gasteiger partial charge >= 0.3 is 0 Å². The zero-order valence-electron chi connectivity index (χ0n) is 12.8. The van der Waals surface area contributed by atoms with Gasteiger partial charge in [-0.1, -0.05) is 43.1 Å². The summed E-state index contributed by atoms with van der Waals surface area (Å²) in [4.78, 5) is 11.5. The minimum atomic E-state index is 0.366. The van der Waals surface area contributed by atoms with Crippen LogP contribution in [0, 0.1) is 0 Å². The number of fused-ring (bicyclic) bond motifs is 1. The standard InChI is InChI=1S/C17H19Cl2N3/c1-11(2)17-20-8-12-9-22(7-6-16(12)21-17)10-13-14(18)4-3-5-15(13)19/h3-5,8,11H,6-7,9-10H2,1-2H3. The van der Waals surface area contributed by atoms with Crippen molar-refractivity contribution in [3.8, 4) is 0 Å². The molecule has 0 atom stereocenters. The molecule has 0 N–H and O–H groups in total. The van der Waals surface area contributed by atoms with Gasteiger partial charge in [0.2, 0.25) is 0 Å². The Morgan fingerprint density at radius 2 is 1.95 bits per heavy atom. The third kappa shape index (κ3) is 3.27. The molecule has 0 amide bonds. The summed E-state index contributed by atoms with van der Waals surface area (Å²) in [5.74, 6) is 1.30. The van der Waals surface area contributed by atoms with Gasteiger partial charge in [-0.25, -0.2) is 9.97 Å². The Balaban J connectivity index is 1.77. The Kier molecular flexibility index (Phi) is 4.67. The van der Waals surface area contributed by atoms with Crippen LogP contribution in [-0.2, 0) is 19.5 Å². The zero-order chi connectivity index (χ0) is 15.7. The summed E-state index contributed by atoms with van der Waals surface area (Å²) in [6.45, 7) is 6.80. The summed E-state index contributed by atoms with van der Waals surface area (Å²) in [6.07, 6.45) is 2.91. The first-order valence-electron chi connectivity index (χ1n) is 7.54. The first kappa shape index (κ1) is 15.7. The highest BCUT2D eigenvalue weighted by Crippen LogP contribution is 2.28. The molecule has 3 rings (SSSR count). The SMILES string of the molecule is CC(C)c1ncc2c(n1)CCN(Cc1c(Cl)cccc1Cl)C2. The molecule has 0 saturated carbocycles. The van der Waals surface area contributed by atoms with Crippen LogP contribution in [0.15, 0.2) is 24.4 Å². The van der Waals surface area contributed by atoms with Crippen LogP contribution in [0.3, 0.4) is 0 Å². The van der Waals surface area contributed by atoms with Crippen LogP contribution in [0.2, 0.25) is 10.0 Å². The van der Waals surface area contributed by atoms with Gasteiger partial charge in [0.15, 0.2) is 0 Å². The summed E-state index contributed by atoms with van der Waals surface area (Å²) in [6, 6.07) is 5.65. The van der Waals surface area contributed by atoms with Crippen molar-refractivity contribution in [2.24, 2.45) is 0 Å². The van der Waals surface area contributed by atoms with Crippen molar-refractivity contribution in [2.75, 3.05) is 6.54 Å². The van der Waals surface area contributed by atoms with Crippen LogP contribution in [-0.4, -0.2) is 21.4 Å². The minimum absolute atomic E-state index is 0.366.